The van der Waals surface area contributed by atoms with E-state index >= 15 is 0 Å². The molecule has 1 aliphatic carbocycles. The highest BCUT2D eigenvalue weighted by atomic mass is 14.6. The highest BCUT2D eigenvalue weighted by molar-refractivity contribution is 4.76. The second kappa shape index (κ2) is 4.86. The second-order valence-electron chi connectivity index (χ2n) is 4.67. The van der Waals surface area contributed by atoms with Crippen LogP contribution in [0.4, 0.5) is 0 Å². The minimum atomic E-state index is 0.834. The largest absolute Gasteiger partial charge is 0.330 e. The van der Waals surface area contributed by atoms with E-state index in [1.165, 1.54) is 32.1 Å². The van der Waals surface area contributed by atoms with Gasteiger partial charge in [-0.3, -0.25) is 0 Å². The molecule has 0 spiro atoms. The van der Waals surface area contributed by atoms with Gasteiger partial charge in [-0.1, -0.05) is 33.1 Å². The quantitative estimate of drug-likeness (QED) is 0.690. The molecule has 1 rings (SSSR count). The van der Waals surface area contributed by atoms with Crippen molar-refractivity contribution in [3.8, 4) is 0 Å². The van der Waals surface area contributed by atoms with Crippen LogP contribution in [0.25, 0.3) is 0 Å². The fourth-order valence-corrected chi connectivity index (χ4v) is 2.51. The summed E-state index contributed by atoms with van der Waals surface area (Å²) in [6, 6.07) is 0. The molecule has 0 aromatic rings. The van der Waals surface area contributed by atoms with Crippen molar-refractivity contribution in [1.29, 1.82) is 0 Å². The lowest BCUT2D eigenvalue weighted by atomic mass is 9.75. The van der Waals surface area contributed by atoms with Crippen LogP contribution in [0, 0.1) is 17.8 Å². The molecular weight excluding hydrogens is 146 g/mol. The van der Waals surface area contributed by atoms with E-state index in [9.17, 15) is 0 Å². The van der Waals surface area contributed by atoms with Gasteiger partial charge in [-0.2, -0.15) is 0 Å². The Morgan fingerprint density at radius 1 is 1.17 bits per heavy atom. The topological polar surface area (TPSA) is 26.0 Å². The molecule has 72 valence electrons. The average Bonchev–Trinajstić information content (AvgIpc) is 2.04. The Labute approximate surface area is 76.7 Å². The van der Waals surface area contributed by atoms with Crippen molar-refractivity contribution in [3.63, 3.8) is 0 Å². The number of rotatable bonds is 3. The molecule has 0 aromatic carbocycles. The Balaban J connectivity index is 2.36. The predicted molar refractivity (Wildman–Crippen MR) is 54.0 cm³/mol. The Bertz CT molecular complexity index is 120. The van der Waals surface area contributed by atoms with E-state index in [1.54, 1.807) is 0 Å². The van der Waals surface area contributed by atoms with Crippen LogP contribution in [-0.4, -0.2) is 6.54 Å². The van der Waals surface area contributed by atoms with Gasteiger partial charge in [0.2, 0.25) is 0 Å². The van der Waals surface area contributed by atoms with Crippen molar-refractivity contribution >= 4 is 0 Å². The molecule has 2 unspecified atom stereocenters. The van der Waals surface area contributed by atoms with Gasteiger partial charge in [-0.25, -0.2) is 0 Å². The standard InChI is InChI=1S/C11H23N/c1-9(2)7-10-5-3-4-6-11(10)8-12/h9-11H,3-8,12H2,1-2H3. The molecule has 1 fully saturated rings. The number of nitrogens with two attached hydrogens (primary N) is 1. The molecule has 1 aliphatic rings. The molecule has 0 saturated heterocycles. The first kappa shape index (κ1) is 10.0. The molecule has 2 N–H and O–H groups in total. The van der Waals surface area contributed by atoms with Crippen molar-refractivity contribution in [1.82, 2.24) is 0 Å². The maximum atomic E-state index is 5.77. The van der Waals surface area contributed by atoms with E-state index in [0.29, 0.717) is 0 Å². The molecule has 1 saturated carbocycles. The van der Waals surface area contributed by atoms with E-state index in [-0.39, 0.29) is 0 Å². The molecule has 0 heterocycles. The summed E-state index contributed by atoms with van der Waals surface area (Å²) in [6.45, 7) is 5.56. The smallest absolute Gasteiger partial charge is 0.00462 e. The Kier molecular flexibility index (Phi) is 4.07. The van der Waals surface area contributed by atoms with Crippen LogP contribution in [0.2, 0.25) is 0 Å². The van der Waals surface area contributed by atoms with Gasteiger partial charge in [0, 0.05) is 0 Å². The molecular formula is C11H23N. The third-order valence-corrected chi connectivity index (χ3v) is 3.14. The fraction of sp³-hybridized carbons (Fsp3) is 1.00. The summed E-state index contributed by atoms with van der Waals surface area (Å²) in [5.41, 5.74) is 5.77. The Hall–Kier alpha value is -0.0400. The summed E-state index contributed by atoms with van der Waals surface area (Å²) < 4.78 is 0. The van der Waals surface area contributed by atoms with Crippen molar-refractivity contribution in [2.75, 3.05) is 6.54 Å². The lowest BCUT2D eigenvalue weighted by Crippen LogP contribution is -2.27. The number of hydrogen-bond donors (Lipinski definition) is 1. The van der Waals surface area contributed by atoms with E-state index in [4.69, 9.17) is 5.73 Å². The zero-order valence-corrected chi connectivity index (χ0v) is 8.55. The van der Waals surface area contributed by atoms with Crippen LogP contribution < -0.4 is 5.73 Å². The van der Waals surface area contributed by atoms with E-state index in [0.717, 1.165) is 24.3 Å². The third-order valence-electron chi connectivity index (χ3n) is 3.14. The van der Waals surface area contributed by atoms with Gasteiger partial charge in [0.15, 0.2) is 0 Å². The van der Waals surface area contributed by atoms with Crippen LogP contribution >= 0.6 is 0 Å². The summed E-state index contributed by atoms with van der Waals surface area (Å²) in [6.07, 6.45) is 7.06. The van der Waals surface area contributed by atoms with Crippen LogP contribution in [0.1, 0.15) is 46.0 Å². The van der Waals surface area contributed by atoms with Crippen LogP contribution in [0.5, 0.6) is 0 Å². The molecule has 0 amide bonds. The first-order valence-corrected chi connectivity index (χ1v) is 5.44. The second-order valence-corrected chi connectivity index (χ2v) is 4.67. The van der Waals surface area contributed by atoms with Crippen LogP contribution in [0.15, 0.2) is 0 Å². The van der Waals surface area contributed by atoms with Gasteiger partial charge in [0.05, 0.1) is 0 Å². The van der Waals surface area contributed by atoms with E-state index < -0.39 is 0 Å². The van der Waals surface area contributed by atoms with Crippen molar-refractivity contribution in [2.24, 2.45) is 23.5 Å². The summed E-state index contributed by atoms with van der Waals surface area (Å²) >= 11 is 0. The summed E-state index contributed by atoms with van der Waals surface area (Å²) in [5.74, 6) is 2.62. The maximum absolute atomic E-state index is 5.77. The molecule has 0 bridgehead atoms. The van der Waals surface area contributed by atoms with Crippen LogP contribution in [-0.2, 0) is 0 Å². The van der Waals surface area contributed by atoms with Crippen LogP contribution in [0.3, 0.4) is 0 Å². The minimum absolute atomic E-state index is 0.834. The summed E-state index contributed by atoms with van der Waals surface area (Å²) in [5, 5.41) is 0. The first-order chi connectivity index (χ1) is 5.74. The number of hydrogen-bond acceptors (Lipinski definition) is 1. The van der Waals surface area contributed by atoms with E-state index in [1.807, 2.05) is 0 Å². The lowest BCUT2D eigenvalue weighted by Gasteiger charge is -2.31. The molecule has 0 radical (unpaired) electrons. The molecule has 12 heavy (non-hydrogen) atoms. The Morgan fingerprint density at radius 2 is 1.75 bits per heavy atom. The molecule has 1 nitrogen and oxygen atoms in total. The maximum Gasteiger partial charge on any atom is -0.00462 e. The molecule has 1 heteroatoms. The highest BCUT2D eigenvalue weighted by Gasteiger charge is 2.23. The van der Waals surface area contributed by atoms with Crippen molar-refractivity contribution < 1.29 is 0 Å². The molecule has 0 aromatic heterocycles. The minimum Gasteiger partial charge on any atom is -0.330 e. The van der Waals surface area contributed by atoms with Gasteiger partial charge < -0.3 is 5.73 Å². The summed E-state index contributed by atoms with van der Waals surface area (Å²) in [7, 11) is 0. The molecule has 0 aliphatic heterocycles. The normalized spacial score (nSPS) is 31.0. The first-order valence-electron chi connectivity index (χ1n) is 5.44. The van der Waals surface area contributed by atoms with Crippen molar-refractivity contribution in [3.05, 3.63) is 0 Å². The zero-order chi connectivity index (χ0) is 8.97. The van der Waals surface area contributed by atoms with Gasteiger partial charge in [0.1, 0.15) is 0 Å². The predicted octanol–water partition coefficient (Wildman–Crippen LogP) is 2.80. The third kappa shape index (κ3) is 2.78. The van der Waals surface area contributed by atoms with Gasteiger partial charge in [-0.05, 0) is 37.1 Å². The SMILES string of the molecule is CC(C)CC1CCCCC1CN. The Morgan fingerprint density at radius 3 is 2.25 bits per heavy atom. The summed E-state index contributed by atoms with van der Waals surface area (Å²) in [4.78, 5) is 0. The zero-order valence-electron chi connectivity index (χ0n) is 8.55. The fourth-order valence-electron chi connectivity index (χ4n) is 2.51. The highest BCUT2D eigenvalue weighted by Crippen LogP contribution is 2.33. The van der Waals surface area contributed by atoms with Gasteiger partial charge in [-0.15, -0.1) is 0 Å². The van der Waals surface area contributed by atoms with Crippen molar-refractivity contribution in [2.45, 2.75) is 46.0 Å². The van der Waals surface area contributed by atoms with E-state index in [2.05, 4.69) is 13.8 Å². The lowest BCUT2D eigenvalue weighted by molar-refractivity contribution is 0.210. The van der Waals surface area contributed by atoms with Gasteiger partial charge in [0.25, 0.3) is 0 Å². The molecule has 2 atom stereocenters. The van der Waals surface area contributed by atoms with Gasteiger partial charge >= 0.3 is 0 Å². The average molecular weight is 169 g/mol. The monoisotopic (exact) mass is 169 g/mol.